The van der Waals surface area contributed by atoms with Crippen molar-refractivity contribution in [3.05, 3.63) is 36.0 Å². The van der Waals surface area contributed by atoms with Crippen LogP contribution in [0.1, 0.15) is 12.5 Å². The number of terminal acetylenes is 1. The summed E-state index contributed by atoms with van der Waals surface area (Å²) in [6, 6.07) is 9.35. The van der Waals surface area contributed by atoms with Gasteiger partial charge in [0.1, 0.15) is 11.3 Å². The minimum Gasteiger partial charge on any atom is -0.470 e. The summed E-state index contributed by atoms with van der Waals surface area (Å²) in [5, 5.41) is 12.9. The molecule has 5 nitrogen and oxygen atoms in total. The van der Waals surface area contributed by atoms with Gasteiger partial charge in [-0.25, -0.2) is 0 Å². The van der Waals surface area contributed by atoms with Crippen LogP contribution >= 0.6 is 23.5 Å². The Balaban J connectivity index is 2.19. The number of benzene rings is 1. The predicted octanol–water partition coefficient (Wildman–Crippen LogP) is 3.05. The zero-order valence-electron chi connectivity index (χ0n) is 14.8. The van der Waals surface area contributed by atoms with E-state index < -0.39 is 11.0 Å². The summed E-state index contributed by atoms with van der Waals surface area (Å²) in [4.78, 5) is 16.8. The van der Waals surface area contributed by atoms with Gasteiger partial charge >= 0.3 is 0 Å². The molecule has 2 rings (SSSR count). The molecule has 0 bridgehead atoms. The Morgan fingerprint density at radius 1 is 1.46 bits per heavy atom. The lowest BCUT2D eigenvalue weighted by Crippen LogP contribution is -2.51. The van der Waals surface area contributed by atoms with Crippen molar-refractivity contribution in [1.82, 2.24) is 10.3 Å². The molecule has 1 amide bonds. The van der Waals surface area contributed by atoms with Crippen molar-refractivity contribution in [2.75, 3.05) is 18.3 Å². The summed E-state index contributed by atoms with van der Waals surface area (Å²) in [5.74, 6) is 3.23. The maximum atomic E-state index is 12.5. The molecule has 0 aliphatic rings. The van der Waals surface area contributed by atoms with Crippen molar-refractivity contribution in [1.29, 1.82) is 5.26 Å². The molecular weight excluding hydrogens is 366 g/mol. The molecular formula is C19H19N3O2S2. The smallest absolute Gasteiger partial charge is 0.273 e. The first kappa shape index (κ1) is 20.0. The van der Waals surface area contributed by atoms with E-state index in [0.29, 0.717) is 17.1 Å². The van der Waals surface area contributed by atoms with E-state index in [0.717, 1.165) is 10.9 Å². The number of pyridine rings is 1. The third-order valence-corrected chi connectivity index (χ3v) is 5.17. The number of ether oxygens (including phenoxy) is 1. The number of aromatic nitrogens is 1. The highest BCUT2D eigenvalue weighted by atomic mass is 32.2. The van der Waals surface area contributed by atoms with Gasteiger partial charge < -0.3 is 10.1 Å². The number of fused-ring (bicyclic) bond motifs is 1. The molecule has 0 saturated heterocycles. The second-order valence-corrected chi connectivity index (χ2v) is 7.54. The number of nitriles is 1. The van der Waals surface area contributed by atoms with Crippen LogP contribution in [0.5, 0.6) is 5.75 Å². The average molecular weight is 386 g/mol. The quantitative estimate of drug-likeness (QED) is 0.583. The minimum atomic E-state index is -0.942. The van der Waals surface area contributed by atoms with Crippen LogP contribution in [0.2, 0.25) is 0 Å². The molecule has 0 spiro atoms. The molecule has 0 saturated carbocycles. The van der Waals surface area contributed by atoms with E-state index >= 15 is 0 Å². The molecule has 2 unspecified atom stereocenters. The lowest BCUT2D eigenvalue weighted by atomic mass is 10.1. The van der Waals surface area contributed by atoms with Gasteiger partial charge in [0.25, 0.3) is 5.91 Å². The number of amides is 1. The molecule has 1 heterocycles. The number of rotatable bonds is 7. The number of carbonyl (C=O) groups excluding carboxylic acids is 1. The molecule has 0 aliphatic carbocycles. The predicted molar refractivity (Wildman–Crippen MR) is 108 cm³/mol. The topological polar surface area (TPSA) is 75.0 Å². The van der Waals surface area contributed by atoms with Crippen LogP contribution in [0.3, 0.4) is 0 Å². The average Bonchev–Trinajstić information content (AvgIpc) is 2.65. The third-order valence-electron chi connectivity index (χ3n) is 3.57. The summed E-state index contributed by atoms with van der Waals surface area (Å²) in [7, 11) is 0. The van der Waals surface area contributed by atoms with Crippen molar-refractivity contribution in [2.45, 2.75) is 17.9 Å². The SMILES string of the molecule is C#Cc1cnc2ccc(OC(SC)C(=O)NC(C)(C#N)CSC)cc2c1. The highest BCUT2D eigenvalue weighted by Crippen LogP contribution is 2.23. The van der Waals surface area contributed by atoms with Crippen molar-refractivity contribution in [3.63, 3.8) is 0 Å². The van der Waals surface area contributed by atoms with Gasteiger partial charge in [-0.15, -0.1) is 18.2 Å². The summed E-state index contributed by atoms with van der Waals surface area (Å²) >= 11 is 2.75. The summed E-state index contributed by atoms with van der Waals surface area (Å²) in [6.07, 6.45) is 10.7. The molecule has 134 valence electrons. The van der Waals surface area contributed by atoms with E-state index in [2.05, 4.69) is 22.3 Å². The van der Waals surface area contributed by atoms with Crippen LogP contribution in [-0.2, 0) is 4.79 Å². The Morgan fingerprint density at radius 2 is 2.23 bits per heavy atom. The molecule has 7 heteroatoms. The Bertz CT molecular complexity index is 888. The summed E-state index contributed by atoms with van der Waals surface area (Å²) < 4.78 is 5.83. The highest BCUT2D eigenvalue weighted by molar-refractivity contribution is 7.99. The van der Waals surface area contributed by atoms with Crippen molar-refractivity contribution < 1.29 is 9.53 Å². The zero-order valence-corrected chi connectivity index (χ0v) is 16.4. The van der Waals surface area contributed by atoms with Crippen LogP contribution in [0.4, 0.5) is 0 Å². The normalized spacial score (nSPS) is 13.9. The van der Waals surface area contributed by atoms with E-state index in [1.54, 1.807) is 31.5 Å². The van der Waals surface area contributed by atoms with Crippen LogP contribution < -0.4 is 10.1 Å². The van der Waals surface area contributed by atoms with Gasteiger partial charge in [-0.2, -0.15) is 17.0 Å². The van der Waals surface area contributed by atoms with Crippen molar-refractivity contribution in [2.24, 2.45) is 0 Å². The molecule has 1 N–H and O–H groups in total. The number of hydrogen-bond donors (Lipinski definition) is 1. The van der Waals surface area contributed by atoms with Gasteiger partial charge in [-0.1, -0.05) is 5.92 Å². The Morgan fingerprint density at radius 3 is 2.85 bits per heavy atom. The molecule has 2 atom stereocenters. The van der Waals surface area contributed by atoms with E-state index in [-0.39, 0.29) is 5.91 Å². The number of nitrogens with zero attached hydrogens (tertiary/aromatic N) is 2. The van der Waals surface area contributed by atoms with Gasteiger partial charge in [0.2, 0.25) is 5.44 Å². The number of carbonyl (C=O) groups is 1. The first-order chi connectivity index (χ1) is 12.4. The summed E-state index contributed by atoms with van der Waals surface area (Å²) in [6.45, 7) is 1.70. The minimum absolute atomic E-state index is 0.341. The Kier molecular flexibility index (Phi) is 6.79. The maximum absolute atomic E-state index is 12.5. The Hall–Kier alpha value is -2.35. The lowest BCUT2D eigenvalue weighted by molar-refractivity contribution is -0.125. The first-order valence-corrected chi connectivity index (χ1v) is 10.4. The van der Waals surface area contributed by atoms with E-state index in [1.165, 1.54) is 23.5 Å². The van der Waals surface area contributed by atoms with Crippen molar-refractivity contribution >= 4 is 40.3 Å². The van der Waals surface area contributed by atoms with Gasteiger partial charge in [0.15, 0.2) is 0 Å². The second kappa shape index (κ2) is 8.84. The van der Waals surface area contributed by atoms with Crippen LogP contribution in [-0.4, -0.2) is 40.1 Å². The number of hydrogen-bond acceptors (Lipinski definition) is 6. The molecule has 26 heavy (non-hydrogen) atoms. The lowest BCUT2D eigenvalue weighted by Gasteiger charge is -2.25. The molecule has 0 radical (unpaired) electrons. The van der Waals surface area contributed by atoms with Crippen molar-refractivity contribution in [3.8, 4) is 24.2 Å². The fourth-order valence-corrected chi connectivity index (χ4v) is 3.50. The fourth-order valence-electron chi connectivity index (χ4n) is 2.31. The molecule has 2 aromatic rings. The summed E-state index contributed by atoms with van der Waals surface area (Å²) in [5.41, 5.74) is -0.247. The second-order valence-electron chi connectivity index (χ2n) is 5.77. The maximum Gasteiger partial charge on any atom is 0.273 e. The third kappa shape index (κ3) is 4.85. The largest absolute Gasteiger partial charge is 0.470 e. The highest BCUT2D eigenvalue weighted by Gasteiger charge is 2.30. The molecule has 0 aliphatic heterocycles. The monoisotopic (exact) mass is 385 g/mol. The first-order valence-electron chi connectivity index (χ1n) is 7.73. The van der Waals surface area contributed by atoms with Gasteiger partial charge in [0, 0.05) is 22.9 Å². The number of nitrogens with one attached hydrogen (secondary N) is 1. The zero-order chi connectivity index (χ0) is 19.2. The fraction of sp³-hybridized carbons (Fsp3) is 0.316. The molecule has 1 aromatic heterocycles. The van der Waals surface area contributed by atoms with E-state index in [9.17, 15) is 10.1 Å². The Labute approximate surface area is 161 Å². The van der Waals surface area contributed by atoms with Crippen LogP contribution in [0.15, 0.2) is 30.5 Å². The van der Waals surface area contributed by atoms with Crippen LogP contribution in [0.25, 0.3) is 10.9 Å². The molecule has 0 fully saturated rings. The standard InChI is InChI=1S/C19H19N3O2S2/c1-5-13-8-14-9-15(6-7-16(14)21-10-13)24-18(26-4)17(23)22-19(2,11-20)12-25-3/h1,6-10,18H,12H2,2-4H3,(H,22,23). The number of thioether (sulfide) groups is 2. The molecule has 1 aromatic carbocycles. The van der Waals surface area contributed by atoms with Gasteiger partial charge in [0.05, 0.1) is 11.6 Å². The van der Waals surface area contributed by atoms with Gasteiger partial charge in [-0.05, 0) is 43.7 Å². The van der Waals surface area contributed by atoms with Crippen LogP contribution in [0, 0.1) is 23.7 Å². The van der Waals surface area contributed by atoms with Gasteiger partial charge in [-0.3, -0.25) is 9.78 Å². The van der Waals surface area contributed by atoms with E-state index in [4.69, 9.17) is 11.2 Å². The van der Waals surface area contributed by atoms with E-state index in [1.807, 2.05) is 18.4 Å².